The molecule has 0 aliphatic carbocycles. The Labute approximate surface area is 127 Å². The molecule has 0 unspecified atom stereocenters. The predicted octanol–water partition coefficient (Wildman–Crippen LogP) is 4.50. The maximum atomic E-state index is 12.6. The molecule has 0 bridgehead atoms. The molecule has 0 aromatic heterocycles. The van der Waals surface area contributed by atoms with E-state index in [-0.39, 0.29) is 11.2 Å². The third-order valence-electron chi connectivity index (χ3n) is 4.27. The van der Waals surface area contributed by atoms with Gasteiger partial charge in [-0.05, 0) is 36.5 Å². The number of carbonyl (C=O) groups is 1. The van der Waals surface area contributed by atoms with Gasteiger partial charge >= 0.3 is 0 Å². The number of benzene rings is 2. The first-order valence-electron chi connectivity index (χ1n) is 7.36. The smallest absolute Gasteiger partial charge is 0.195 e. The molecular weight excluding hydrogens is 258 g/mol. The van der Waals surface area contributed by atoms with Gasteiger partial charge in [0.15, 0.2) is 5.78 Å². The zero-order valence-corrected chi connectivity index (χ0v) is 13.2. The summed E-state index contributed by atoms with van der Waals surface area (Å²) in [6.45, 7) is 8.56. The Morgan fingerprint density at radius 3 is 2.29 bits per heavy atom. The molecule has 0 fully saturated rings. The molecule has 0 atom stereocenters. The lowest BCUT2D eigenvalue weighted by Crippen LogP contribution is -2.15. The van der Waals surface area contributed by atoms with Gasteiger partial charge in [0.25, 0.3) is 0 Å². The molecule has 2 heteroatoms. The van der Waals surface area contributed by atoms with Crippen LogP contribution in [0, 0.1) is 6.92 Å². The first kappa shape index (κ1) is 15.3. The number of anilines is 1. The predicted molar refractivity (Wildman–Crippen MR) is 88.8 cm³/mol. The van der Waals surface area contributed by atoms with Crippen molar-refractivity contribution in [3.05, 3.63) is 64.7 Å². The van der Waals surface area contributed by atoms with Crippen molar-refractivity contribution in [1.29, 1.82) is 0 Å². The van der Waals surface area contributed by atoms with Crippen molar-refractivity contribution >= 4 is 11.5 Å². The van der Waals surface area contributed by atoms with Crippen LogP contribution in [0.3, 0.4) is 0 Å². The monoisotopic (exact) mass is 281 g/mol. The number of carbonyl (C=O) groups excluding carboxylic acids is 1. The van der Waals surface area contributed by atoms with Crippen molar-refractivity contribution < 1.29 is 4.79 Å². The molecule has 0 spiro atoms. The first-order chi connectivity index (χ1) is 9.85. The van der Waals surface area contributed by atoms with E-state index < -0.39 is 0 Å². The Kier molecular flexibility index (Phi) is 4.17. The molecule has 2 aromatic carbocycles. The van der Waals surface area contributed by atoms with E-state index in [0.717, 1.165) is 12.0 Å². The zero-order valence-electron chi connectivity index (χ0n) is 13.2. The van der Waals surface area contributed by atoms with Crippen LogP contribution in [0.2, 0.25) is 0 Å². The van der Waals surface area contributed by atoms with E-state index in [4.69, 9.17) is 5.73 Å². The van der Waals surface area contributed by atoms with Gasteiger partial charge in [-0.2, -0.15) is 0 Å². The average Bonchev–Trinajstić information content (AvgIpc) is 2.49. The highest BCUT2D eigenvalue weighted by molar-refractivity contribution is 6.12. The second-order valence-corrected chi connectivity index (χ2v) is 6.23. The van der Waals surface area contributed by atoms with Gasteiger partial charge < -0.3 is 5.73 Å². The minimum atomic E-state index is -0.0166. The normalized spacial score (nSPS) is 11.4. The van der Waals surface area contributed by atoms with Crippen molar-refractivity contribution in [2.24, 2.45) is 0 Å². The van der Waals surface area contributed by atoms with Gasteiger partial charge in [-0.15, -0.1) is 0 Å². The van der Waals surface area contributed by atoms with Crippen LogP contribution >= 0.6 is 0 Å². The molecule has 0 radical (unpaired) electrons. The highest BCUT2D eigenvalue weighted by Crippen LogP contribution is 2.27. The topological polar surface area (TPSA) is 43.1 Å². The second kappa shape index (κ2) is 5.72. The quantitative estimate of drug-likeness (QED) is 0.662. The summed E-state index contributed by atoms with van der Waals surface area (Å²) in [5, 5.41) is 0. The minimum absolute atomic E-state index is 0.0166. The summed E-state index contributed by atoms with van der Waals surface area (Å²) in [6.07, 6.45) is 1.06. The number of nitrogen functional groups attached to an aromatic ring is 1. The van der Waals surface area contributed by atoms with Crippen LogP contribution in [0.4, 0.5) is 5.69 Å². The number of hydrogen-bond acceptors (Lipinski definition) is 2. The fraction of sp³-hybridized carbons (Fsp3) is 0.316. The molecule has 2 aromatic rings. The number of ketones is 1. The molecule has 0 saturated carbocycles. The summed E-state index contributed by atoms with van der Waals surface area (Å²) < 4.78 is 0. The Hall–Kier alpha value is -2.09. The standard InChI is InChI=1S/C19H23NO/c1-5-19(3,4)15-9-7-14(8-10-15)18(21)16-12-13(2)6-11-17(16)20/h6-12H,5,20H2,1-4H3. The number of rotatable bonds is 4. The first-order valence-corrected chi connectivity index (χ1v) is 7.36. The fourth-order valence-electron chi connectivity index (χ4n) is 2.30. The van der Waals surface area contributed by atoms with Gasteiger partial charge in [0.05, 0.1) is 0 Å². The summed E-state index contributed by atoms with van der Waals surface area (Å²) in [7, 11) is 0. The van der Waals surface area contributed by atoms with E-state index in [0.29, 0.717) is 16.8 Å². The van der Waals surface area contributed by atoms with Crippen LogP contribution in [0.25, 0.3) is 0 Å². The van der Waals surface area contributed by atoms with Crippen molar-refractivity contribution in [2.75, 3.05) is 5.73 Å². The van der Waals surface area contributed by atoms with Crippen LogP contribution in [-0.2, 0) is 5.41 Å². The van der Waals surface area contributed by atoms with E-state index in [1.807, 2.05) is 43.3 Å². The van der Waals surface area contributed by atoms with E-state index in [1.165, 1.54) is 5.56 Å². The third-order valence-corrected chi connectivity index (χ3v) is 4.27. The lowest BCUT2D eigenvalue weighted by Gasteiger charge is -2.23. The van der Waals surface area contributed by atoms with Crippen molar-refractivity contribution in [3.63, 3.8) is 0 Å². The van der Waals surface area contributed by atoms with Gasteiger partial charge in [-0.1, -0.05) is 56.7 Å². The molecular formula is C19H23NO. The maximum absolute atomic E-state index is 12.6. The highest BCUT2D eigenvalue weighted by Gasteiger charge is 2.19. The Balaban J connectivity index is 2.35. The van der Waals surface area contributed by atoms with Crippen molar-refractivity contribution in [3.8, 4) is 0 Å². The lowest BCUT2D eigenvalue weighted by molar-refractivity contribution is 0.103. The summed E-state index contributed by atoms with van der Waals surface area (Å²) in [6, 6.07) is 13.4. The number of nitrogens with two attached hydrogens (primary N) is 1. The van der Waals surface area contributed by atoms with E-state index >= 15 is 0 Å². The van der Waals surface area contributed by atoms with Gasteiger partial charge in [0, 0.05) is 16.8 Å². The largest absolute Gasteiger partial charge is 0.398 e. The number of aryl methyl sites for hydroxylation is 1. The Morgan fingerprint density at radius 2 is 1.71 bits per heavy atom. The Morgan fingerprint density at radius 1 is 1.10 bits per heavy atom. The van der Waals surface area contributed by atoms with Crippen molar-refractivity contribution in [2.45, 2.75) is 39.5 Å². The lowest BCUT2D eigenvalue weighted by atomic mass is 9.82. The molecule has 0 saturated heterocycles. The summed E-state index contributed by atoms with van der Waals surface area (Å²) in [5.41, 5.74) is 10.1. The van der Waals surface area contributed by atoms with Gasteiger partial charge in [-0.25, -0.2) is 0 Å². The number of hydrogen-bond donors (Lipinski definition) is 1. The van der Waals surface area contributed by atoms with Crippen molar-refractivity contribution in [1.82, 2.24) is 0 Å². The summed E-state index contributed by atoms with van der Waals surface area (Å²) >= 11 is 0. The average molecular weight is 281 g/mol. The molecule has 0 aliphatic rings. The van der Waals surface area contributed by atoms with Crippen LogP contribution in [0.15, 0.2) is 42.5 Å². The third kappa shape index (κ3) is 3.15. The van der Waals surface area contributed by atoms with Crippen LogP contribution in [0.5, 0.6) is 0 Å². The SMILES string of the molecule is CCC(C)(C)c1ccc(C(=O)c2cc(C)ccc2N)cc1. The van der Waals surface area contributed by atoms with Gasteiger partial charge in [-0.3, -0.25) is 4.79 Å². The Bertz CT molecular complexity index is 654. The molecule has 2 nitrogen and oxygen atoms in total. The molecule has 0 aliphatic heterocycles. The van der Waals surface area contributed by atoms with Gasteiger partial charge in [0.1, 0.15) is 0 Å². The molecule has 110 valence electrons. The summed E-state index contributed by atoms with van der Waals surface area (Å²) in [4.78, 5) is 12.6. The molecule has 2 rings (SSSR count). The molecule has 2 N–H and O–H groups in total. The molecule has 0 amide bonds. The van der Waals surface area contributed by atoms with E-state index in [9.17, 15) is 4.79 Å². The zero-order chi connectivity index (χ0) is 15.6. The maximum Gasteiger partial charge on any atom is 0.195 e. The van der Waals surface area contributed by atoms with Crippen LogP contribution < -0.4 is 5.73 Å². The van der Waals surface area contributed by atoms with E-state index in [1.54, 1.807) is 6.07 Å². The molecule has 0 heterocycles. The molecule has 21 heavy (non-hydrogen) atoms. The van der Waals surface area contributed by atoms with Gasteiger partial charge in [0.2, 0.25) is 0 Å². The van der Waals surface area contributed by atoms with Crippen LogP contribution in [-0.4, -0.2) is 5.78 Å². The fourth-order valence-corrected chi connectivity index (χ4v) is 2.30. The second-order valence-electron chi connectivity index (χ2n) is 6.23. The highest BCUT2D eigenvalue weighted by atomic mass is 16.1. The summed E-state index contributed by atoms with van der Waals surface area (Å²) in [5.74, 6) is -0.0166. The minimum Gasteiger partial charge on any atom is -0.398 e. The van der Waals surface area contributed by atoms with Crippen LogP contribution in [0.1, 0.15) is 54.2 Å². The van der Waals surface area contributed by atoms with E-state index in [2.05, 4.69) is 20.8 Å².